The number of piperazine rings is 1. The number of benzene rings is 1. The van der Waals surface area contributed by atoms with Crippen molar-refractivity contribution >= 4 is 48.0 Å². The Morgan fingerprint density at radius 2 is 1.65 bits per heavy atom. The first-order valence-electron chi connectivity index (χ1n) is 17.5. The summed E-state index contributed by atoms with van der Waals surface area (Å²) in [5.41, 5.74) is -0.253. The third-order valence-electron chi connectivity index (χ3n) is 12.6. The number of allylic oxidation sites excluding steroid dienone is 1. The molecule has 1 aromatic rings. The van der Waals surface area contributed by atoms with E-state index in [1.54, 1.807) is 7.11 Å². The molecule has 7 atom stereocenters. The summed E-state index contributed by atoms with van der Waals surface area (Å²) in [6, 6.07) is 8.08. The molecule has 4 aliphatic carbocycles. The molecule has 4 fully saturated rings. The second kappa shape index (κ2) is 14.2. The fourth-order valence-electron chi connectivity index (χ4n) is 10.2. The van der Waals surface area contributed by atoms with Gasteiger partial charge in [0.05, 0.1) is 20.1 Å². The summed E-state index contributed by atoms with van der Waals surface area (Å²) in [4.78, 5) is 44.6. The average Bonchev–Trinajstić information content (AvgIpc) is 3.27. The molecule has 1 heterocycles. The van der Waals surface area contributed by atoms with Crippen LogP contribution in [0.5, 0.6) is 5.75 Å². The molecule has 1 aliphatic heterocycles. The number of Topliss-reactive ketones (excluding diaryl/α,β-unsaturated/α-hetero) is 1. The highest BCUT2D eigenvalue weighted by molar-refractivity contribution is 5.92. The smallest absolute Gasteiger partial charge is 0.306 e. The number of halogens is 2. The Labute approximate surface area is 299 Å². The van der Waals surface area contributed by atoms with Crippen LogP contribution in [0.1, 0.15) is 86.0 Å². The average molecular weight is 708 g/mol. The number of carbonyl (C=O) groups is 3. The minimum Gasteiger partial charge on any atom is -0.497 e. The van der Waals surface area contributed by atoms with E-state index in [9.17, 15) is 19.5 Å². The fraction of sp³-hybridized carbons (Fsp3) is 0.711. The maximum Gasteiger partial charge on any atom is 0.306 e. The van der Waals surface area contributed by atoms with E-state index in [0.717, 1.165) is 63.3 Å². The van der Waals surface area contributed by atoms with Gasteiger partial charge in [0, 0.05) is 49.6 Å². The van der Waals surface area contributed by atoms with Gasteiger partial charge >= 0.3 is 5.97 Å². The molecule has 268 valence electrons. The first-order valence-corrected chi connectivity index (χ1v) is 17.5. The number of fused-ring (bicyclic) bond motifs is 5. The lowest BCUT2D eigenvalue weighted by atomic mass is 9.45. The lowest BCUT2D eigenvalue weighted by molar-refractivity contribution is -0.196. The summed E-state index contributed by atoms with van der Waals surface area (Å²) in [6.45, 7) is 13.8. The molecule has 5 aliphatic rings. The van der Waals surface area contributed by atoms with E-state index in [0.29, 0.717) is 25.7 Å². The van der Waals surface area contributed by atoms with Crippen molar-refractivity contribution in [1.82, 2.24) is 4.90 Å². The number of carbonyl (C=O) groups excluding carboxylic acids is 3. The van der Waals surface area contributed by atoms with Crippen molar-refractivity contribution in [2.24, 2.45) is 34.0 Å². The minimum atomic E-state index is -1.47. The highest BCUT2D eigenvalue weighted by atomic mass is 35.5. The molecular formula is C38H56Cl2N2O6. The zero-order chi connectivity index (χ0) is 33.1. The second-order valence-corrected chi connectivity index (χ2v) is 16.6. The third-order valence-corrected chi connectivity index (χ3v) is 12.6. The van der Waals surface area contributed by atoms with Crippen LogP contribution < -0.4 is 9.64 Å². The number of hydrogen-bond donors (Lipinski definition) is 1. The summed E-state index contributed by atoms with van der Waals surface area (Å²) >= 11 is 0. The largest absolute Gasteiger partial charge is 0.497 e. The van der Waals surface area contributed by atoms with Crippen LogP contribution in [-0.2, 0) is 19.1 Å². The number of esters is 1. The van der Waals surface area contributed by atoms with E-state index in [1.807, 2.05) is 39.0 Å². The van der Waals surface area contributed by atoms with Crippen LogP contribution in [0.15, 0.2) is 35.9 Å². The topological polar surface area (TPSA) is 96.4 Å². The van der Waals surface area contributed by atoms with E-state index in [1.165, 1.54) is 5.57 Å². The molecule has 1 unspecified atom stereocenters. The standard InChI is InChI=1S/C38H54N2O6.2ClH/c1-35(2,3)23-33(43)46-31-22-37(5)30(29-12-7-25-21-27(41)13-15-36(25,4)34(29)31)14-16-38(37,44)32(42)24-39-17-19-40(20-18-39)26-8-10-28(45-6)11-9-26;;/h8-11,21,29-31,34,44H,7,12-20,22-24H2,1-6H3;2*1H/t29-,30-,31?,34+,36-,37-,38-;;/m0../s1. The van der Waals surface area contributed by atoms with E-state index in [2.05, 4.69) is 35.8 Å². The van der Waals surface area contributed by atoms with Crippen LogP contribution in [0.2, 0.25) is 0 Å². The maximum atomic E-state index is 14.2. The fourth-order valence-corrected chi connectivity index (χ4v) is 10.2. The molecule has 10 heteroatoms. The number of rotatable bonds is 7. The van der Waals surface area contributed by atoms with Crippen molar-refractivity contribution in [3.8, 4) is 5.75 Å². The number of methoxy groups -OCH3 is 1. The molecule has 0 spiro atoms. The van der Waals surface area contributed by atoms with Gasteiger partial charge in [0.15, 0.2) is 11.6 Å². The highest BCUT2D eigenvalue weighted by Gasteiger charge is 2.69. The zero-order valence-corrected chi connectivity index (χ0v) is 31.2. The van der Waals surface area contributed by atoms with Crippen molar-refractivity contribution in [3.05, 3.63) is 35.9 Å². The SMILES string of the molecule is COc1ccc(N2CCN(CC(=O)[C@@]3(O)CC[C@H]4[C@@H]5CCC6=CC(=O)CC[C@]6(C)[C@H]5C(OC(=O)CC(C)(C)C)C[C@@]43C)CC2)cc1.Cl.Cl. The van der Waals surface area contributed by atoms with Gasteiger partial charge in [-0.3, -0.25) is 19.3 Å². The molecule has 8 nitrogen and oxygen atoms in total. The Balaban J connectivity index is 0.00000260. The van der Waals surface area contributed by atoms with Gasteiger partial charge in [0.1, 0.15) is 17.5 Å². The van der Waals surface area contributed by atoms with Crippen molar-refractivity contribution in [1.29, 1.82) is 0 Å². The van der Waals surface area contributed by atoms with Crippen LogP contribution >= 0.6 is 24.8 Å². The van der Waals surface area contributed by atoms with E-state index in [-0.39, 0.29) is 77.5 Å². The number of anilines is 1. The number of ether oxygens (including phenoxy) is 2. The van der Waals surface area contributed by atoms with Crippen LogP contribution in [-0.4, -0.2) is 79.1 Å². The Morgan fingerprint density at radius 3 is 2.27 bits per heavy atom. The minimum absolute atomic E-state index is 0. The zero-order valence-electron chi connectivity index (χ0n) is 29.6. The van der Waals surface area contributed by atoms with Gasteiger partial charge in [0.25, 0.3) is 0 Å². The molecular weight excluding hydrogens is 651 g/mol. The van der Waals surface area contributed by atoms with Gasteiger partial charge in [-0.25, -0.2) is 0 Å². The Kier molecular flexibility index (Phi) is 11.5. The molecule has 1 N–H and O–H groups in total. The quantitative estimate of drug-likeness (QED) is 0.323. The van der Waals surface area contributed by atoms with Crippen molar-refractivity contribution < 1.29 is 29.0 Å². The maximum absolute atomic E-state index is 14.2. The summed E-state index contributed by atoms with van der Waals surface area (Å²) in [5, 5.41) is 12.5. The molecule has 0 amide bonds. The van der Waals surface area contributed by atoms with Gasteiger partial charge < -0.3 is 19.5 Å². The number of ketones is 2. The summed E-state index contributed by atoms with van der Waals surface area (Å²) in [7, 11) is 1.67. The second-order valence-electron chi connectivity index (χ2n) is 16.6. The van der Waals surface area contributed by atoms with Crippen LogP contribution in [0.4, 0.5) is 5.69 Å². The van der Waals surface area contributed by atoms with Gasteiger partial charge in [-0.15, -0.1) is 24.8 Å². The van der Waals surface area contributed by atoms with Crippen LogP contribution in [0.3, 0.4) is 0 Å². The van der Waals surface area contributed by atoms with E-state index < -0.39 is 17.1 Å². The predicted molar refractivity (Wildman–Crippen MR) is 192 cm³/mol. The number of nitrogens with zero attached hydrogens (tertiary/aromatic N) is 2. The molecule has 0 bridgehead atoms. The van der Waals surface area contributed by atoms with Gasteiger partial charge in [-0.05, 0) is 91.5 Å². The monoisotopic (exact) mass is 706 g/mol. The van der Waals surface area contributed by atoms with Gasteiger partial charge in [0.2, 0.25) is 0 Å². The van der Waals surface area contributed by atoms with Crippen LogP contribution in [0, 0.1) is 34.0 Å². The molecule has 3 saturated carbocycles. The summed E-state index contributed by atoms with van der Waals surface area (Å²) in [6.07, 6.45) is 6.50. The predicted octanol–water partition coefficient (Wildman–Crippen LogP) is 6.45. The number of aliphatic hydroxyl groups is 1. The first-order chi connectivity index (χ1) is 21.7. The summed E-state index contributed by atoms with van der Waals surface area (Å²) < 4.78 is 11.7. The first kappa shape index (κ1) is 38.7. The molecule has 6 rings (SSSR count). The lowest BCUT2D eigenvalue weighted by Crippen LogP contribution is -2.63. The lowest BCUT2D eigenvalue weighted by Gasteiger charge is -2.61. The Bertz CT molecular complexity index is 1390. The molecule has 48 heavy (non-hydrogen) atoms. The highest BCUT2D eigenvalue weighted by Crippen LogP contribution is 2.68. The van der Waals surface area contributed by atoms with Crippen molar-refractivity contribution in [3.63, 3.8) is 0 Å². The molecule has 0 radical (unpaired) electrons. The molecule has 0 aromatic heterocycles. The normalized spacial score (nSPS) is 34.8. The van der Waals surface area contributed by atoms with Crippen LogP contribution in [0.25, 0.3) is 0 Å². The van der Waals surface area contributed by atoms with Crippen molar-refractivity contribution in [2.75, 3.05) is 44.7 Å². The number of hydrogen-bond acceptors (Lipinski definition) is 8. The summed E-state index contributed by atoms with van der Waals surface area (Å²) in [5.74, 6) is 1.16. The third kappa shape index (κ3) is 6.93. The Hall–Kier alpha value is -2.13. The Morgan fingerprint density at radius 1 is 0.979 bits per heavy atom. The molecule has 1 aromatic carbocycles. The van der Waals surface area contributed by atoms with Gasteiger partial charge in [-0.2, -0.15) is 0 Å². The van der Waals surface area contributed by atoms with Gasteiger partial charge in [-0.1, -0.05) is 40.2 Å². The van der Waals surface area contributed by atoms with E-state index in [4.69, 9.17) is 9.47 Å². The van der Waals surface area contributed by atoms with E-state index >= 15 is 0 Å². The van der Waals surface area contributed by atoms with Crippen molar-refractivity contribution in [2.45, 2.75) is 97.7 Å². The molecule has 1 saturated heterocycles.